The van der Waals surface area contributed by atoms with Gasteiger partial charge in [0.1, 0.15) is 0 Å². The van der Waals surface area contributed by atoms with Crippen molar-refractivity contribution in [1.82, 2.24) is 4.90 Å². The van der Waals surface area contributed by atoms with E-state index in [-0.39, 0.29) is 17.7 Å². The molecule has 23 heavy (non-hydrogen) atoms. The quantitative estimate of drug-likeness (QED) is 0.439. The smallest absolute Gasteiger partial charge is 0.223 e. The molecule has 1 aliphatic heterocycles. The first-order chi connectivity index (χ1) is 11.1. The molecule has 0 N–H and O–H groups in total. The Morgan fingerprint density at radius 3 is 2.78 bits per heavy atom. The molecule has 3 heteroatoms. The molecule has 1 saturated carbocycles. The van der Waals surface area contributed by atoms with E-state index in [1.165, 1.54) is 25.7 Å². The third-order valence-electron chi connectivity index (χ3n) is 5.32. The van der Waals surface area contributed by atoms with Crippen molar-refractivity contribution in [3.63, 3.8) is 0 Å². The molecule has 0 aromatic carbocycles. The first-order valence-electron chi connectivity index (χ1n) is 9.60. The van der Waals surface area contributed by atoms with Crippen LogP contribution in [0, 0.1) is 11.8 Å². The van der Waals surface area contributed by atoms with Crippen molar-refractivity contribution in [2.24, 2.45) is 11.8 Å². The number of amides is 1. The SMILES string of the molecule is CCCC1C[C@H]1/C=C\CCCCCC(=O)N1CCC[C@H]1C(C)=O. The minimum atomic E-state index is -0.139. The second-order valence-corrected chi connectivity index (χ2v) is 7.33. The van der Waals surface area contributed by atoms with E-state index in [4.69, 9.17) is 0 Å². The van der Waals surface area contributed by atoms with E-state index >= 15 is 0 Å². The molecule has 1 aliphatic carbocycles. The van der Waals surface area contributed by atoms with E-state index in [9.17, 15) is 9.59 Å². The van der Waals surface area contributed by atoms with E-state index in [2.05, 4.69) is 19.1 Å². The molecular formula is C20H33NO2. The zero-order valence-corrected chi connectivity index (χ0v) is 14.9. The summed E-state index contributed by atoms with van der Waals surface area (Å²) in [5.74, 6) is 2.14. The second-order valence-electron chi connectivity index (χ2n) is 7.33. The van der Waals surface area contributed by atoms with Crippen molar-refractivity contribution in [1.29, 1.82) is 0 Å². The van der Waals surface area contributed by atoms with E-state index in [0.717, 1.165) is 50.5 Å². The standard InChI is InChI=1S/C20H33NO2/c1-3-10-17-15-18(17)11-7-5-4-6-8-13-20(23)21-14-9-12-19(21)16(2)22/h7,11,17-19H,3-6,8-10,12-15H2,1-2H3/b11-7-/t17?,18-,19+/m1/s1. The summed E-state index contributed by atoms with van der Waals surface area (Å²) in [4.78, 5) is 25.5. The Hall–Kier alpha value is -1.12. The van der Waals surface area contributed by atoms with Crippen LogP contribution in [0.2, 0.25) is 0 Å². The van der Waals surface area contributed by atoms with Gasteiger partial charge in [0.05, 0.1) is 6.04 Å². The van der Waals surface area contributed by atoms with E-state index in [0.29, 0.717) is 6.42 Å². The molecule has 1 amide bonds. The molecule has 3 nitrogen and oxygen atoms in total. The fourth-order valence-corrected chi connectivity index (χ4v) is 3.83. The number of allylic oxidation sites excluding steroid dienone is 2. The maximum Gasteiger partial charge on any atom is 0.223 e. The summed E-state index contributed by atoms with van der Waals surface area (Å²) < 4.78 is 0. The predicted octanol–water partition coefficient (Wildman–Crippen LogP) is 4.51. The van der Waals surface area contributed by atoms with Crippen LogP contribution in [-0.4, -0.2) is 29.2 Å². The summed E-state index contributed by atoms with van der Waals surface area (Å²) in [5.41, 5.74) is 0. The van der Waals surface area contributed by atoms with Crippen molar-refractivity contribution in [2.75, 3.05) is 6.54 Å². The van der Waals surface area contributed by atoms with Crippen LogP contribution in [0.5, 0.6) is 0 Å². The highest BCUT2D eigenvalue weighted by Gasteiger charge is 2.33. The lowest BCUT2D eigenvalue weighted by atomic mass is 10.1. The molecule has 1 unspecified atom stereocenters. The molecule has 2 rings (SSSR count). The lowest BCUT2D eigenvalue weighted by molar-refractivity contribution is -0.137. The fourth-order valence-electron chi connectivity index (χ4n) is 3.83. The van der Waals surface area contributed by atoms with Gasteiger partial charge in [-0.2, -0.15) is 0 Å². The van der Waals surface area contributed by atoms with Crippen LogP contribution in [0.4, 0.5) is 0 Å². The molecule has 0 bridgehead atoms. The van der Waals surface area contributed by atoms with E-state index in [1.54, 1.807) is 6.92 Å². The number of carbonyl (C=O) groups excluding carboxylic acids is 2. The predicted molar refractivity (Wildman–Crippen MR) is 94.1 cm³/mol. The van der Waals surface area contributed by atoms with Gasteiger partial charge in [-0.25, -0.2) is 0 Å². The molecule has 2 fully saturated rings. The molecule has 130 valence electrons. The number of rotatable bonds is 10. The molecule has 0 radical (unpaired) electrons. The highest BCUT2D eigenvalue weighted by atomic mass is 16.2. The lowest BCUT2D eigenvalue weighted by Crippen LogP contribution is -2.39. The van der Waals surface area contributed by atoms with Gasteiger partial charge in [0.25, 0.3) is 0 Å². The molecule has 1 heterocycles. The van der Waals surface area contributed by atoms with Gasteiger partial charge in [-0.15, -0.1) is 0 Å². The van der Waals surface area contributed by atoms with Crippen LogP contribution >= 0.6 is 0 Å². The number of carbonyl (C=O) groups is 2. The van der Waals surface area contributed by atoms with Crippen LogP contribution in [0.1, 0.15) is 78.1 Å². The van der Waals surface area contributed by atoms with Gasteiger partial charge in [0.2, 0.25) is 5.91 Å². The number of Topliss-reactive ketones (excluding diaryl/α,β-unsaturated/α-hetero) is 1. The summed E-state index contributed by atoms with van der Waals surface area (Å²) in [6.07, 6.45) is 15.6. The maximum absolute atomic E-state index is 12.2. The molecule has 2 aliphatic rings. The average Bonchev–Trinajstić information content (AvgIpc) is 3.07. The fraction of sp³-hybridized carbons (Fsp3) is 0.800. The number of ketones is 1. The zero-order valence-electron chi connectivity index (χ0n) is 14.9. The van der Waals surface area contributed by atoms with Crippen LogP contribution < -0.4 is 0 Å². The Kier molecular flexibility index (Phi) is 7.32. The number of hydrogen-bond donors (Lipinski definition) is 0. The number of unbranched alkanes of at least 4 members (excludes halogenated alkanes) is 3. The summed E-state index contributed by atoms with van der Waals surface area (Å²) in [5, 5.41) is 0. The second kappa shape index (κ2) is 9.24. The Balaban J connectivity index is 1.51. The molecule has 3 atom stereocenters. The number of hydrogen-bond acceptors (Lipinski definition) is 2. The third kappa shape index (κ3) is 5.78. The van der Waals surface area contributed by atoms with Crippen LogP contribution in [0.15, 0.2) is 12.2 Å². The first-order valence-corrected chi connectivity index (χ1v) is 9.60. The first kappa shape index (κ1) is 18.2. The molecular weight excluding hydrogens is 286 g/mol. The largest absolute Gasteiger partial charge is 0.333 e. The Labute approximate surface area is 141 Å². The summed E-state index contributed by atoms with van der Waals surface area (Å²) in [6.45, 7) is 4.64. The van der Waals surface area contributed by atoms with Crippen molar-refractivity contribution in [3.05, 3.63) is 12.2 Å². The van der Waals surface area contributed by atoms with E-state index < -0.39 is 0 Å². The monoisotopic (exact) mass is 319 g/mol. The van der Waals surface area contributed by atoms with Crippen molar-refractivity contribution in [3.8, 4) is 0 Å². The van der Waals surface area contributed by atoms with E-state index in [1.807, 2.05) is 4.90 Å². The minimum Gasteiger partial charge on any atom is -0.333 e. The number of nitrogens with zero attached hydrogens (tertiary/aromatic N) is 1. The van der Waals surface area contributed by atoms with Crippen molar-refractivity contribution >= 4 is 11.7 Å². The molecule has 0 aromatic rings. The highest BCUT2D eigenvalue weighted by Crippen LogP contribution is 2.43. The van der Waals surface area contributed by atoms with Gasteiger partial charge >= 0.3 is 0 Å². The van der Waals surface area contributed by atoms with Gasteiger partial charge < -0.3 is 4.90 Å². The van der Waals surface area contributed by atoms with Crippen LogP contribution in [0.25, 0.3) is 0 Å². The Morgan fingerprint density at radius 2 is 2.04 bits per heavy atom. The minimum absolute atomic E-state index is 0.139. The van der Waals surface area contributed by atoms with Crippen LogP contribution in [0.3, 0.4) is 0 Å². The Bertz CT molecular complexity index is 429. The number of likely N-dealkylation sites (tertiary alicyclic amines) is 1. The normalized spacial score (nSPS) is 26.9. The van der Waals surface area contributed by atoms with Crippen LogP contribution in [-0.2, 0) is 9.59 Å². The average molecular weight is 319 g/mol. The zero-order chi connectivity index (χ0) is 16.7. The van der Waals surface area contributed by atoms with Gasteiger partial charge in [0.15, 0.2) is 5.78 Å². The van der Waals surface area contributed by atoms with Gasteiger partial charge in [-0.3, -0.25) is 9.59 Å². The van der Waals surface area contributed by atoms with Gasteiger partial charge in [0, 0.05) is 13.0 Å². The molecule has 1 saturated heterocycles. The summed E-state index contributed by atoms with van der Waals surface area (Å²) >= 11 is 0. The topological polar surface area (TPSA) is 37.4 Å². The summed E-state index contributed by atoms with van der Waals surface area (Å²) in [7, 11) is 0. The summed E-state index contributed by atoms with van der Waals surface area (Å²) in [6, 6.07) is -0.139. The van der Waals surface area contributed by atoms with Gasteiger partial charge in [-0.05, 0) is 57.3 Å². The lowest BCUT2D eigenvalue weighted by Gasteiger charge is -2.22. The van der Waals surface area contributed by atoms with Gasteiger partial charge in [-0.1, -0.05) is 38.3 Å². The molecule has 0 spiro atoms. The van der Waals surface area contributed by atoms with Crippen molar-refractivity contribution in [2.45, 2.75) is 84.1 Å². The Morgan fingerprint density at radius 1 is 1.22 bits per heavy atom. The molecule has 0 aromatic heterocycles. The van der Waals surface area contributed by atoms with Crippen molar-refractivity contribution < 1.29 is 9.59 Å². The third-order valence-corrected chi connectivity index (χ3v) is 5.32. The maximum atomic E-state index is 12.2. The highest BCUT2D eigenvalue weighted by molar-refractivity contribution is 5.88.